The van der Waals surface area contributed by atoms with E-state index in [1.165, 1.54) is 11.6 Å². The van der Waals surface area contributed by atoms with E-state index in [-0.39, 0.29) is 5.82 Å². The van der Waals surface area contributed by atoms with Crippen LogP contribution >= 0.6 is 0 Å². The van der Waals surface area contributed by atoms with Crippen LogP contribution in [0.5, 0.6) is 0 Å². The molecule has 1 aromatic heterocycles. The van der Waals surface area contributed by atoms with Gasteiger partial charge < -0.3 is 9.88 Å². The molecule has 3 heteroatoms. The molecule has 0 unspecified atom stereocenters. The van der Waals surface area contributed by atoms with Gasteiger partial charge in [0.1, 0.15) is 5.82 Å². The van der Waals surface area contributed by atoms with Crippen LogP contribution < -0.4 is 0 Å². The molecule has 2 aromatic rings. The lowest BCUT2D eigenvalue weighted by atomic mass is 10.1. The Labute approximate surface area is 101 Å². The number of likely N-dealkylation sites (N-methyl/N-ethyl adjacent to an activating group) is 1. The van der Waals surface area contributed by atoms with Gasteiger partial charge in [0.2, 0.25) is 0 Å². The highest BCUT2D eigenvalue weighted by Crippen LogP contribution is 2.20. The molecule has 0 saturated carbocycles. The van der Waals surface area contributed by atoms with Gasteiger partial charge >= 0.3 is 0 Å². The van der Waals surface area contributed by atoms with Gasteiger partial charge in [-0.15, -0.1) is 0 Å². The van der Waals surface area contributed by atoms with Crippen LogP contribution in [-0.4, -0.2) is 29.5 Å². The van der Waals surface area contributed by atoms with Crippen molar-refractivity contribution in [3.05, 3.63) is 35.8 Å². The molecule has 92 valence electrons. The third-order valence-corrected chi connectivity index (χ3v) is 3.34. The van der Waals surface area contributed by atoms with Crippen LogP contribution in [0.4, 0.5) is 4.39 Å². The largest absolute Gasteiger partial charge is 0.361 e. The fourth-order valence-electron chi connectivity index (χ4n) is 1.91. The second-order valence-electron chi connectivity index (χ2n) is 4.83. The Bertz CT molecular complexity index is 502. The van der Waals surface area contributed by atoms with Crippen molar-refractivity contribution in [2.75, 3.05) is 13.6 Å². The summed E-state index contributed by atoms with van der Waals surface area (Å²) in [5.74, 6) is -0.171. The number of H-pyrrole nitrogens is 1. The molecule has 2 nitrogen and oxygen atoms in total. The van der Waals surface area contributed by atoms with E-state index < -0.39 is 0 Å². The minimum Gasteiger partial charge on any atom is -0.361 e. The van der Waals surface area contributed by atoms with Gasteiger partial charge in [0.15, 0.2) is 0 Å². The Kier molecular flexibility index (Phi) is 3.48. The number of benzene rings is 1. The van der Waals surface area contributed by atoms with Gasteiger partial charge in [-0.2, -0.15) is 0 Å². The zero-order chi connectivity index (χ0) is 12.4. The van der Waals surface area contributed by atoms with E-state index in [9.17, 15) is 4.39 Å². The van der Waals surface area contributed by atoms with E-state index >= 15 is 0 Å². The van der Waals surface area contributed by atoms with Crippen LogP contribution in [0.1, 0.15) is 19.4 Å². The Hall–Kier alpha value is -1.35. The number of nitrogens with zero attached hydrogens (tertiary/aromatic N) is 1. The van der Waals surface area contributed by atoms with E-state index in [1.807, 2.05) is 6.20 Å². The Morgan fingerprint density at radius 1 is 1.35 bits per heavy atom. The van der Waals surface area contributed by atoms with Gasteiger partial charge in [-0.1, -0.05) is 0 Å². The second-order valence-corrected chi connectivity index (χ2v) is 4.83. The molecule has 0 spiro atoms. The molecule has 0 aliphatic rings. The molecule has 2 rings (SSSR count). The molecule has 17 heavy (non-hydrogen) atoms. The highest BCUT2D eigenvalue weighted by Gasteiger charge is 2.07. The Morgan fingerprint density at radius 3 is 2.82 bits per heavy atom. The lowest BCUT2D eigenvalue weighted by Gasteiger charge is -2.20. The normalized spacial score (nSPS) is 11.9. The predicted molar refractivity (Wildman–Crippen MR) is 69.7 cm³/mol. The van der Waals surface area contributed by atoms with Crippen LogP contribution in [0.3, 0.4) is 0 Å². The summed E-state index contributed by atoms with van der Waals surface area (Å²) in [6.07, 6.45) is 2.93. The van der Waals surface area contributed by atoms with Crippen LogP contribution in [0.2, 0.25) is 0 Å². The van der Waals surface area contributed by atoms with Crippen molar-refractivity contribution in [3.8, 4) is 0 Å². The summed E-state index contributed by atoms with van der Waals surface area (Å²) >= 11 is 0. The highest BCUT2D eigenvalue weighted by atomic mass is 19.1. The first-order chi connectivity index (χ1) is 8.08. The molecule has 0 radical (unpaired) electrons. The number of hydrogen-bond acceptors (Lipinski definition) is 1. The molecular formula is C14H19FN2. The molecule has 0 aliphatic carbocycles. The maximum Gasteiger partial charge on any atom is 0.123 e. The maximum absolute atomic E-state index is 13.2. The molecule has 0 bridgehead atoms. The first-order valence-corrected chi connectivity index (χ1v) is 6.03. The van der Waals surface area contributed by atoms with Crippen molar-refractivity contribution in [3.63, 3.8) is 0 Å². The minimum atomic E-state index is -0.171. The van der Waals surface area contributed by atoms with Gasteiger partial charge in [-0.3, -0.25) is 0 Å². The van der Waals surface area contributed by atoms with Crippen molar-refractivity contribution in [1.29, 1.82) is 0 Å². The molecule has 1 aromatic carbocycles. The quantitative estimate of drug-likeness (QED) is 0.860. The summed E-state index contributed by atoms with van der Waals surface area (Å²) in [6, 6.07) is 5.43. The lowest BCUT2D eigenvalue weighted by Crippen LogP contribution is -2.28. The van der Waals surface area contributed by atoms with Crippen LogP contribution in [0.15, 0.2) is 24.4 Å². The van der Waals surface area contributed by atoms with Crippen LogP contribution in [0.25, 0.3) is 10.9 Å². The molecule has 0 fully saturated rings. The number of nitrogens with one attached hydrogen (secondary N) is 1. The van der Waals surface area contributed by atoms with E-state index in [0.29, 0.717) is 6.04 Å². The number of aromatic amines is 1. The van der Waals surface area contributed by atoms with Gasteiger partial charge in [0.25, 0.3) is 0 Å². The van der Waals surface area contributed by atoms with Crippen molar-refractivity contribution < 1.29 is 4.39 Å². The Morgan fingerprint density at radius 2 is 2.12 bits per heavy atom. The lowest BCUT2D eigenvalue weighted by molar-refractivity contribution is 0.278. The smallest absolute Gasteiger partial charge is 0.123 e. The predicted octanol–water partition coefficient (Wildman–Crippen LogP) is 3.19. The molecule has 1 N–H and O–H groups in total. The summed E-state index contributed by atoms with van der Waals surface area (Å²) in [5.41, 5.74) is 2.20. The van der Waals surface area contributed by atoms with Crippen LogP contribution in [-0.2, 0) is 6.42 Å². The number of aromatic nitrogens is 1. The van der Waals surface area contributed by atoms with Gasteiger partial charge in [-0.25, -0.2) is 4.39 Å². The monoisotopic (exact) mass is 234 g/mol. The zero-order valence-electron chi connectivity index (χ0n) is 10.6. The minimum absolute atomic E-state index is 0.171. The SMILES string of the molecule is CC(C)N(C)CCc1c[nH]c2ccc(F)cc12. The van der Waals surface area contributed by atoms with Gasteiger partial charge in [0, 0.05) is 29.7 Å². The molecular weight excluding hydrogens is 215 g/mol. The second kappa shape index (κ2) is 4.88. The van der Waals surface area contributed by atoms with E-state index in [2.05, 4.69) is 30.8 Å². The van der Waals surface area contributed by atoms with Gasteiger partial charge in [0.05, 0.1) is 0 Å². The van der Waals surface area contributed by atoms with E-state index in [1.54, 1.807) is 12.1 Å². The van der Waals surface area contributed by atoms with Crippen molar-refractivity contribution in [2.24, 2.45) is 0 Å². The van der Waals surface area contributed by atoms with Crippen LogP contribution in [0, 0.1) is 5.82 Å². The summed E-state index contributed by atoms with van der Waals surface area (Å²) in [7, 11) is 2.11. The number of hydrogen-bond donors (Lipinski definition) is 1. The van der Waals surface area contributed by atoms with Crippen molar-refractivity contribution >= 4 is 10.9 Å². The van der Waals surface area contributed by atoms with E-state index in [4.69, 9.17) is 0 Å². The topological polar surface area (TPSA) is 19.0 Å². The average Bonchev–Trinajstić information content (AvgIpc) is 2.68. The standard InChI is InChI=1S/C14H19FN2/c1-10(2)17(3)7-6-11-9-16-14-5-4-12(15)8-13(11)14/h4-5,8-10,16H,6-7H2,1-3H3. The summed E-state index contributed by atoms with van der Waals surface area (Å²) in [4.78, 5) is 5.47. The fourth-order valence-corrected chi connectivity index (χ4v) is 1.91. The first kappa shape index (κ1) is 12.1. The maximum atomic E-state index is 13.2. The molecule has 0 aliphatic heterocycles. The molecule has 0 atom stereocenters. The molecule has 1 heterocycles. The molecule has 0 amide bonds. The van der Waals surface area contributed by atoms with E-state index in [0.717, 1.165) is 23.9 Å². The average molecular weight is 234 g/mol. The summed E-state index contributed by atoms with van der Waals surface area (Å²) in [6.45, 7) is 5.34. The Balaban J connectivity index is 2.16. The summed E-state index contributed by atoms with van der Waals surface area (Å²) in [5, 5.41) is 1.00. The zero-order valence-corrected chi connectivity index (χ0v) is 10.6. The third-order valence-electron chi connectivity index (χ3n) is 3.34. The van der Waals surface area contributed by atoms with Gasteiger partial charge in [-0.05, 0) is 51.1 Å². The number of rotatable bonds is 4. The molecule has 0 saturated heterocycles. The van der Waals surface area contributed by atoms with Crippen molar-refractivity contribution in [2.45, 2.75) is 26.3 Å². The first-order valence-electron chi connectivity index (χ1n) is 6.03. The fraction of sp³-hybridized carbons (Fsp3) is 0.429. The third kappa shape index (κ3) is 2.67. The highest BCUT2D eigenvalue weighted by molar-refractivity contribution is 5.83. The summed E-state index contributed by atoms with van der Waals surface area (Å²) < 4.78 is 13.2. The number of halogens is 1. The van der Waals surface area contributed by atoms with Crippen molar-refractivity contribution in [1.82, 2.24) is 9.88 Å². The number of fused-ring (bicyclic) bond motifs is 1.